The summed E-state index contributed by atoms with van der Waals surface area (Å²) < 4.78 is 18.3. The Morgan fingerprint density at radius 1 is 1.38 bits per heavy atom. The predicted molar refractivity (Wildman–Crippen MR) is 79.5 cm³/mol. The summed E-state index contributed by atoms with van der Waals surface area (Å²) in [7, 11) is 0. The lowest BCUT2D eigenvalue weighted by Crippen LogP contribution is -2.53. The molecule has 0 aromatic heterocycles. The number of primary amides is 1. The summed E-state index contributed by atoms with van der Waals surface area (Å²) >= 11 is 0. The van der Waals surface area contributed by atoms with Crippen LogP contribution in [0.25, 0.3) is 0 Å². The molecule has 1 atom stereocenters. The van der Waals surface area contributed by atoms with Gasteiger partial charge in [0.15, 0.2) is 0 Å². The second-order valence-corrected chi connectivity index (χ2v) is 5.87. The highest BCUT2D eigenvalue weighted by Crippen LogP contribution is 2.25. The zero-order chi connectivity index (χ0) is 15.3. The molecule has 0 aliphatic heterocycles. The third kappa shape index (κ3) is 5.01. The summed E-state index contributed by atoms with van der Waals surface area (Å²) in [4.78, 5) is 11.6. The fraction of sp³-hybridized carbons (Fsp3) is 0.562. The first kappa shape index (κ1) is 15.8. The molecule has 116 valence electrons. The van der Waals surface area contributed by atoms with Gasteiger partial charge in [-0.05, 0) is 63.3 Å². The minimum absolute atomic E-state index is 0.272. The smallest absolute Gasteiger partial charge is 0.237 e. The number of hydrogen-bond acceptors (Lipinski definition) is 3. The summed E-state index contributed by atoms with van der Waals surface area (Å²) in [5.41, 5.74) is 4.87. The van der Waals surface area contributed by atoms with Crippen LogP contribution < -0.4 is 15.8 Å². The number of hydrogen-bond donors (Lipinski definition) is 2. The standard InChI is InChI=1S/C16H23FN2O2/c1-16(15(18)20,19-13-6-7-13)10-2-3-11-21-14-8-4-12(17)5-9-14/h4-5,8-9,13,19H,2-3,6-7,10-11H2,1H3,(H2,18,20). The largest absolute Gasteiger partial charge is 0.494 e. The van der Waals surface area contributed by atoms with Gasteiger partial charge in [-0.3, -0.25) is 4.79 Å². The van der Waals surface area contributed by atoms with E-state index in [0.29, 0.717) is 24.8 Å². The van der Waals surface area contributed by atoms with Crippen LogP contribution in [-0.4, -0.2) is 24.1 Å². The van der Waals surface area contributed by atoms with Gasteiger partial charge in [0, 0.05) is 6.04 Å². The molecule has 5 heteroatoms. The Morgan fingerprint density at radius 3 is 2.62 bits per heavy atom. The number of unbranched alkanes of at least 4 members (excludes halogenated alkanes) is 1. The van der Waals surface area contributed by atoms with Gasteiger partial charge in [-0.25, -0.2) is 4.39 Å². The molecule has 4 nitrogen and oxygen atoms in total. The summed E-state index contributed by atoms with van der Waals surface area (Å²) in [6, 6.07) is 6.41. The number of halogens is 1. The van der Waals surface area contributed by atoms with Gasteiger partial charge in [0.1, 0.15) is 11.6 Å². The molecule has 1 aromatic rings. The molecule has 21 heavy (non-hydrogen) atoms. The van der Waals surface area contributed by atoms with E-state index in [9.17, 15) is 9.18 Å². The Labute approximate surface area is 124 Å². The van der Waals surface area contributed by atoms with Crippen molar-refractivity contribution in [2.45, 2.75) is 50.6 Å². The number of rotatable bonds is 9. The lowest BCUT2D eigenvalue weighted by Gasteiger charge is -2.27. The normalized spacial score (nSPS) is 17.2. The molecule has 1 aliphatic rings. The van der Waals surface area contributed by atoms with Crippen molar-refractivity contribution in [3.05, 3.63) is 30.1 Å². The molecular weight excluding hydrogens is 271 g/mol. The van der Waals surface area contributed by atoms with Gasteiger partial charge in [0.25, 0.3) is 0 Å². The fourth-order valence-electron chi connectivity index (χ4n) is 2.25. The highest BCUT2D eigenvalue weighted by Gasteiger charge is 2.36. The maximum Gasteiger partial charge on any atom is 0.237 e. The van der Waals surface area contributed by atoms with Crippen LogP contribution in [0.15, 0.2) is 24.3 Å². The van der Waals surface area contributed by atoms with Crippen molar-refractivity contribution in [2.75, 3.05) is 6.61 Å². The highest BCUT2D eigenvalue weighted by molar-refractivity contribution is 5.84. The van der Waals surface area contributed by atoms with Crippen LogP contribution in [0.1, 0.15) is 39.0 Å². The molecule has 2 rings (SSSR count). The zero-order valence-electron chi connectivity index (χ0n) is 12.4. The first-order valence-corrected chi connectivity index (χ1v) is 7.45. The average molecular weight is 294 g/mol. The number of nitrogens with two attached hydrogens (primary N) is 1. The third-order valence-electron chi connectivity index (χ3n) is 3.80. The third-order valence-corrected chi connectivity index (χ3v) is 3.80. The van der Waals surface area contributed by atoms with Crippen LogP contribution in [0.4, 0.5) is 4.39 Å². The summed E-state index contributed by atoms with van der Waals surface area (Å²) in [5.74, 6) is 0.0877. The summed E-state index contributed by atoms with van der Waals surface area (Å²) in [5, 5.41) is 3.32. The van der Waals surface area contributed by atoms with Gasteiger partial charge in [0.2, 0.25) is 5.91 Å². The van der Waals surface area contributed by atoms with E-state index in [1.807, 2.05) is 6.92 Å². The predicted octanol–water partition coefficient (Wildman–Crippen LogP) is 2.37. The molecule has 1 saturated carbocycles. The van der Waals surface area contributed by atoms with Crippen LogP contribution in [0.3, 0.4) is 0 Å². The van der Waals surface area contributed by atoms with E-state index in [-0.39, 0.29) is 11.7 Å². The molecule has 1 unspecified atom stereocenters. The second kappa shape index (κ2) is 6.89. The number of carbonyl (C=O) groups excluding carboxylic acids is 1. The van der Waals surface area contributed by atoms with Crippen molar-refractivity contribution in [3.8, 4) is 5.75 Å². The second-order valence-electron chi connectivity index (χ2n) is 5.87. The number of amides is 1. The van der Waals surface area contributed by atoms with Crippen molar-refractivity contribution in [3.63, 3.8) is 0 Å². The molecule has 3 N–H and O–H groups in total. The number of nitrogens with one attached hydrogen (secondary N) is 1. The Morgan fingerprint density at radius 2 is 2.05 bits per heavy atom. The van der Waals surface area contributed by atoms with E-state index in [1.165, 1.54) is 12.1 Å². The molecule has 0 saturated heterocycles. The monoisotopic (exact) mass is 294 g/mol. The highest BCUT2D eigenvalue weighted by atomic mass is 19.1. The van der Waals surface area contributed by atoms with E-state index in [4.69, 9.17) is 10.5 Å². The molecular formula is C16H23FN2O2. The van der Waals surface area contributed by atoms with Crippen LogP contribution in [-0.2, 0) is 4.79 Å². The zero-order valence-corrected chi connectivity index (χ0v) is 12.4. The Balaban J connectivity index is 1.67. The van der Waals surface area contributed by atoms with Gasteiger partial charge in [-0.2, -0.15) is 0 Å². The Hall–Kier alpha value is -1.62. The van der Waals surface area contributed by atoms with E-state index >= 15 is 0 Å². The fourth-order valence-corrected chi connectivity index (χ4v) is 2.25. The van der Waals surface area contributed by atoms with Crippen LogP contribution in [0.2, 0.25) is 0 Å². The first-order chi connectivity index (χ1) is 9.99. The van der Waals surface area contributed by atoms with E-state index in [1.54, 1.807) is 12.1 Å². The summed E-state index contributed by atoms with van der Waals surface area (Å²) in [6.07, 6.45) is 4.62. The van der Waals surface area contributed by atoms with Crippen molar-refractivity contribution >= 4 is 5.91 Å². The first-order valence-electron chi connectivity index (χ1n) is 7.45. The maximum atomic E-state index is 12.7. The van der Waals surface area contributed by atoms with Gasteiger partial charge in [-0.1, -0.05) is 0 Å². The van der Waals surface area contributed by atoms with E-state index in [0.717, 1.165) is 25.7 Å². The van der Waals surface area contributed by atoms with Gasteiger partial charge >= 0.3 is 0 Å². The number of carbonyl (C=O) groups is 1. The molecule has 1 aromatic carbocycles. The van der Waals surface area contributed by atoms with E-state index in [2.05, 4.69) is 5.32 Å². The number of benzene rings is 1. The lowest BCUT2D eigenvalue weighted by molar-refractivity contribution is -0.124. The van der Waals surface area contributed by atoms with Crippen molar-refractivity contribution in [1.29, 1.82) is 0 Å². The molecule has 0 bridgehead atoms. The quantitative estimate of drug-likeness (QED) is 0.687. The van der Waals surface area contributed by atoms with Gasteiger partial charge in [0.05, 0.1) is 12.1 Å². The number of ether oxygens (including phenoxy) is 1. The van der Waals surface area contributed by atoms with Gasteiger partial charge in [-0.15, -0.1) is 0 Å². The topological polar surface area (TPSA) is 64.3 Å². The van der Waals surface area contributed by atoms with Crippen LogP contribution in [0, 0.1) is 5.82 Å². The van der Waals surface area contributed by atoms with Gasteiger partial charge < -0.3 is 15.8 Å². The SMILES string of the molecule is CC(CCCCOc1ccc(F)cc1)(NC1CC1)C(N)=O. The molecule has 0 heterocycles. The minimum Gasteiger partial charge on any atom is -0.494 e. The molecule has 1 aliphatic carbocycles. The summed E-state index contributed by atoms with van der Waals surface area (Å²) in [6.45, 7) is 2.42. The van der Waals surface area contributed by atoms with Crippen molar-refractivity contribution in [2.24, 2.45) is 5.73 Å². The minimum atomic E-state index is -0.628. The average Bonchev–Trinajstić information content (AvgIpc) is 3.24. The van der Waals surface area contributed by atoms with Crippen molar-refractivity contribution in [1.82, 2.24) is 5.32 Å². The van der Waals surface area contributed by atoms with Crippen LogP contribution >= 0.6 is 0 Å². The van der Waals surface area contributed by atoms with Crippen molar-refractivity contribution < 1.29 is 13.9 Å². The maximum absolute atomic E-state index is 12.7. The molecule has 0 spiro atoms. The Bertz CT molecular complexity index is 474. The lowest BCUT2D eigenvalue weighted by atomic mass is 9.94. The Kier molecular flexibility index (Phi) is 5.17. The molecule has 1 amide bonds. The molecule has 1 fully saturated rings. The molecule has 0 radical (unpaired) electrons. The van der Waals surface area contributed by atoms with Crippen LogP contribution in [0.5, 0.6) is 5.75 Å². The van der Waals surface area contributed by atoms with E-state index < -0.39 is 5.54 Å².